The molecule has 0 amide bonds. The number of hydrogen-bond acceptors (Lipinski definition) is 2. The van der Waals surface area contributed by atoms with Crippen LogP contribution in [0.1, 0.15) is 58.4 Å². The number of aromatic nitrogens is 2. The molecule has 1 aliphatic rings. The molecule has 23 heavy (non-hydrogen) atoms. The predicted octanol–water partition coefficient (Wildman–Crippen LogP) is 4.74. The molecule has 1 saturated heterocycles. The van der Waals surface area contributed by atoms with Gasteiger partial charge in [0.05, 0.1) is 17.4 Å². The molecule has 1 aliphatic heterocycles. The van der Waals surface area contributed by atoms with Crippen LogP contribution in [0.4, 0.5) is 0 Å². The number of unbranched alkanes of at least 4 members (excludes halogenated alkanes) is 3. The molecule has 0 bridgehead atoms. The fourth-order valence-electron chi connectivity index (χ4n) is 4.00. The normalized spacial score (nSPS) is 26.0. The van der Waals surface area contributed by atoms with Crippen molar-refractivity contribution in [2.24, 2.45) is 5.92 Å². The lowest BCUT2D eigenvalue weighted by Crippen LogP contribution is -2.47. The third-order valence-corrected chi connectivity index (χ3v) is 5.98. The third-order valence-electron chi connectivity index (χ3n) is 5.98. The fraction of sp³-hybridized carbons (Fsp3) is 0.650. The van der Waals surface area contributed by atoms with Crippen LogP contribution in [-0.4, -0.2) is 34.5 Å². The minimum Gasteiger partial charge on any atom is -0.345 e. The van der Waals surface area contributed by atoms with E-state index in [1.165, 1.54) is 57.3 Å². The third kappa shape index (κ3) is 3.45. The number of piperidine rings is 1. The Morgan fingerprint density at radius 1 is 1.30 bits per heavy atom. The highest BCUT2D eigenvalue weighted by molar-refractivity contribution is 5.75. The lowest BCUT2D eigenvalue weighted by Gasteiger charge is -2.45. The summed E-state index contributed by atoms with van der Waals surface area (Å²) < 4.78 is 0. The lowest BCUT2D eigenvalue weighted by atomic mass is 9.68. The Balaban J connectivity index is 1.66. The summed E-state index contributed by atoms with van der Waals surface area (Å²) in [5.74, 6) is 0.679. The van der Waals surface area contributed by atoms with Crippen LogP contribution >= 0.6 is 0 Å². The van der Waals surface area contributed by atoms with E-state index in [0.29, 0.717) is 5.92 Å². The monoisotopic (exact) mass is 313 g/mol. The summed E-state index contributed by atoms with van der Waals surface area (Å²) in [5.41, 5.74) is 3.96. The van der Waals surface area contributed by atoms with Gasteiger partial charge >= 0.3 is 0 Å². The molecular weight excluding hydrogens is 282 g/mol. The fourth-order valence-corrected chi connectivity index (χ4v) is 4.00. The number of nitrogens with one attached hydrogen (secondary N) is 1. The van der Waals surface area contributed by atoms with Gasteiger partial charge in [0.15, 0.2) is 0 Å². The van der Waals surface area contributed by atoms with Crippen LogP contribution < -0.4 is 0 Å². The van der Waals surface area contributed by atoms with Crippen molar-refractivity contribution in [3.05, 3.63) is 30.1 Å². The van der Waals surface area contributed by atoms with Gasteiger partial charge in [-0.25, -0.2) is 4.98 Å². The molecule has 3 nitrogen and oxygen atoms in total. The Labute approximate surface area is 140 Å². The highest BCUT2D eigenvalue weighted by Crippen LogP contribution is 2.40. The van der Waals surface area contributed by atoms with Gasteiger partial charge < -0.3 is 9.88 Å². The Hall–Kier alpha value is -1.35. The van der Waals surface area contributed by atoms with Gasteiger partial charge in [-0.3, -0.25) is 0 Å². The summed E-state index contributed by atoms with van der Waals surface area (Å²) in [6.45, 7) is 10.9. The maximum Gasteiger partial charge on any atom is 0.0931 e. The Kier molecular flexibility index (Phi) is 5.05. The summed E-state index contributed by atoms with van der Waals surface area (Å²) >= 11 is 0. The summed E-state index contributed by atoms with van der Waals surface area (Å²) in [7, 11) is 0. The largest absolute Gasteiger partial charge is 0.345 e. The number of fused-ring (bicyclic) bond motifs is 1. The second-order valence-electron chi connectivity index (χ2n) is 7.56. The summed E-state index contributed by atoms with van der Waals surface area (Å²) in [4.78, 5) is 10.3. The van der Waals surface area contributed by atoms with E-state index in [1.54, 1.807) is 6.33 Å². The van der Waals surface area contributed by atoms with E-state index < -0.39 is 0 Å². The number of hydrogen-bond donors (Lipinski definition) is 1. The number of benzene rings is 1. The van der Waals surface area contributed by atoms with Crippen LogP contribution in [-0.2, 0) is 5.41 Å². The molecule has 1 fully saturated rings. The molecule has 1 aromatic heterocycles. The first-order valence-electron chi connectivity index (χ1n) is 9.29. The molecular formula is C20H31N3. The van der Waals surface area contributed by atoms with E-state index in [2.05, 4.69) is 53.8 Å². The SMILES string of the molecule is CCCCCCN1CCC(C)(c2ccc3[nH]cnc3c2)C(C)C1. The summed E-state index contributed by atoms with van der Waals surface area (Å²) in [5, 5.41) is 0. The van der Waals surface area contributed by atoms with Crippen LogP contribution in [0.25, 0.3) is 11.0 Å². The van der Waals surface area contributed by atoms with Crippen molar-refractivity contribution in [3.63, 3.8) is 0 Å². The first-order chi connectivity index (χ1) is 11.1. The minimum absolute atomic E-state index is 0.271. The Morgan fingerprint density at radius 2 is 2.17 bits per heavy atom. The van der Waals surface area contributed by atoms with Crippen LogP contribution in [0.3, 0.4) is 0 Å². The van der Waals surface area contributed by atoms with Crippen molar-refractivity contribution < 1.29 is 0 Å². The molecule has 2 heterocycles. The molecule has 3 rings (SSSR count). The van der Waals surface area contributed by atoms with Gasteiger partial charge in [-0.1, -0.05) is 46.1 Å². The van der Waals surface area contributed by atoms with Crippen LogP contribution in [0.2, 0.25) is 0 Å². The Morgan fingerprint density at radius 3 is 2.96 bits per heavy atom. The van der Waals surface area contributed by atoms with Gasteiger partial charge in [-0.05, 0) is 55.0 Å². The number of H-pyrrole nitrogens is 1. The second-order valence-corrected chi connectivity index (χ2v) is 7.56. The van der Waals surface area contributed by atoms with Gasteiger partial charge in [0.2, 0.25) is 0 Å². The first kappa shape index (κ1) is 16.5. The molecule has 126 valence electrons. The topological polar surface area (TPSA) is 31.9 Å². The first-order valence-corrected chi connectivity index (χ1v) is 9.29. The van der Waals surface area contributed by atoms with Crippen molar-refractivity contribution in [1.82, 2.24) is 14.9 Å². The van der Waals surface area contributed by atoms with Crippen LogP contribution in [0.5, 0.6) is 0 Å². The molecule has 0 saturated carbocycles. The van der Waals surface area contributed by atoms with E-state index in [9.17, 15) is 0 Å². The average Bonchev–Trinajstić information content (AvgIpc) is 3.02. The Bertz CT molecular complexity index is 633. The molecule has 3 heteroatoms. The average molecular weight is 313 g/mol. The van der Waals surface area contributed by atoms with Crippen molar-refractivity contribution in [3.8, 4) is 0 Å². The van der Waals surface area contributed by atoms with Crippen molar-refractivity contribution in [2.45, 2.75) is 58.3 Å². The second kappa shape index (κ2) is 7.04. The van der Waals surface area contributed by atoms with Gasteiger partial charge in [-0.2, -0.15) is 0 Å². The van der Waals surface area contributed by atoms with Crippen molar-refractivity contribution >= 4 is 11.0 Å². The van der Waals surface area contributed by atoms with E-state index in [-0.39, 0.29) is 5.41 Å². The predicted molar refractivity (Wildman–Crippen MR) is 97.8 cm³/mol. The zero-order chi connectivity index (χ0) is 16.3. The lowest BCUT2D eigenvalue weighted by molar-refractivity contribution is 0.109. The molecule has 1 N–H and O–H groups in total. The van der Waals surface area contributed by atoms with Gasteiger partial charge in [0.25, 0.3) is 0 Å². The van der Waals surface area contributed by atoms with E-state index >= 15 is 0 Å². The van der Waals surface area contributed by atoms with E-state index in [1.807, 2.05) is 0 Å². The number of likely N-dealkylation sites (tertiary alicyclic amines) is 1. The van der Waals surface area contributed by atoms with Crippen molar-refractivity contribution in [1.29, 1.82) is 0 Å². The van der Waals surface area contributed by atoms with Gasteiger partial charge in [-0.15, -0.1) is 0 Å². The maximum absolute atomic E-state index is 4.44. The molecule has 2 atom stereocenters. The molecule has 2 aromatic rings. The highest BCUT2D eigenvalue weighted by Gasteiger charge is 2.37. The quantitative estimate of drug-likeness (QED) is 0.781. The van der Waals surface area contributed by atoms with Gasteiger partial charge in [0.1, 0.15) is 0 Å². The molecule has 0 spiro atoms. The maximum atomic E-state index is 4.44. The highest BCUT2D eigenvalue weighted by atomic mass is 15.1. The standard InChI is InChI=1S/C20H31N3/c1-4-5-6-7-11-23-12-10-20(3,16(2)14-23)17-8-9-18-19(13-17)22-15-21-18/h8-9,13,15-16H,4-7,10-12,14H2,1-3H3,(H,21,22). The molecule has 2 unspecified atom stereocenters. The number of rotatable bonds is 6. The molecule has 0 aliphatic carbocycles. The van der Waals surface area contributed by atoms with Crippen LogP contribution in [0, 0.1) is 5.92 Å². The van der Waals surface area contributed by atoms with E-state index in [0.717, 1.165) is 11.0 Å². The number of imidazole rings is 1. The molecule has 1 aromatic carbocycles. The van der Waals surface area contributed by atoms with Gasteiger partial charge in [0, 0.05) is 6.54 Å². The minimum atomic E-state index is 0.271. The number of aromatic amines is 1. The number of nitrogens with zero attached hydrogens (tertiary/aromatic N) is 2. The summed E-state index contributed by atoms with van der Waals surface area (Å²) in [6, 6.07) is 6.78. The molecule has 0 radical (unpaired) electrons. The van der Waals surface area contributed by atoms with Crippen molar-refractivity contribution in [2.75, 3.05) is 19.6 Å². The van der Waals surface area contributed by atoms with Crippen LogP contribution in [0.15, 0.2) is 24.5 Å². The zero-order valence-electron chi connectivity index (χ0n) is 14.9. The smallest absolute Gasteiger partial charge is 0.0931 e. The zero-order valence-corrected chi connectivity index (χ0v) is 14.9. The van der Waals surface area contributed by atoms with E-state index in [4.69, 9.17) is 0 Å². The summed E-state index contributed by atoms with van der Waals surface area (Å²) in [6.07, 6.45) is 8.48.